The summed E-state index contributed by atoms with van der Waals surface area (Å²) < 4.78 is 0. The van der Waals surface area contributed by atoms with E-state index in [1.54, 1.807) is 24.3 Å². The molecule has 0 aromatic heterocycles. The van der Waals surface area contributed by atoms with E-state index in [9.17, 15) is 10.1 Å². The van der Waals surface area contributed by atoms with Crippen molar-refractivity contribution in [2.24, 2.45) is 15.3 Å². The Bertz CT molecular complexity index is 940. The van der Waals surface area contributed by atoms with Crippen molar-refractivity contribution in [3.05, 3.63) is 101 Å². The minimum atomic E-state index is -0.458. The molecule has 7 nitrogen and oxygen atoms in total. The molecule has 0 aliphatic carbocycles. The van der Waals surface area contributed by atoms with Crippen molar-refractivity contribution in [2.45, 2.75) is 0 Å². The van der Waals surface area contributed by atoms with Crippen LogP contribution in [-0.4, -0.2) is 10.8 Å². The number of non-ortho nitro benzene ring substituents is 1. The molecule has 0 bridgehead atoms. The Morgan fingerprint density at radius 3 is 2.27 bits per heavy atom. The molecule has 128 valence electrons. The van der Waals surface area contributed by atoms with Crippen LogP contribution in [0, 0.1) is 10.1 Å². The third kappa shape index (κ3) is 4.57. The lowest BCUT2D eigenvalue weighted by atomic mass is 10.2. The number of nitrogens with zero attached hydrogens (tertiary/aromatic N) is 4. The molecule has 26 heavy (non-hydrogen) atoms. The Kier molecular flexibility index (Phi) is 5.41. The van der Waals surface area contributed by atoms with Crippen LogP contribution in [0.2, 0.25) is 0 Å². The summed E-state index contributed by atoms with van der Waals surface area (Å²) in [7, 11) is 0. The first-order valence-electron chi connectivity index (χ1n) is 7.83. The molecule has 3 rings (SSSR count). The van der Waals surface area contributed by atoms with Crippen LogP contribution in [0.1, 0.15) is 5.56 Å². The van der Waals surface area contributed by atoms with Crippen LogP contribution in [0.4, 0.5) is 17.1 Å². The minimum Gasteiger partial charge on any atom is -0.276 e. The SMILES string of the molecule is O=[N+]([O-])c1cccc(/C(N=Nc2ccccc2)=N/Nc2ccccc2)c1. The van der Waals surface area contributed by atoms with Gasteiger partial charge in [-0.3, -0.25) is 15.5 Å². The van der Waals surface area contributed by atoms with Gasteiger partial charge >= 0.3 is 0 Å². The third-order valence-corrected chi connectivity index (χ3v) is 3.40. The van der Waals surface area contributed by atoms with Gasteiger partial charge in [0.05, 0.1) is 16.3 Å². The second-order valence-electron chi connectivity index (χ2n) is 5.26. The van der Waals surface area contributed by atoms with Gasteiger partial charge < -0.3 is 0 Å². The van der Waals surface area contributed by atoms with E-state index in [4.69, 9.17) is 0 Å². The standard InChI is InChI=1S/C19H15N5O2/c25-24(26)18-13-7-8-15(14-18)19(22-20-16-9-3-1-4-10-16)23-21-17-11-5-2-6-12-17/h1-14,20H/b22-19-,23-21?. The summed E-state index contributed by atoms with van der Waals surface area (Å²) in [5, 5.41) is 23.6. The molecule has 0 amide bonds. The van der Waals surface area contributed by atoms with Gasteiger partial charge in [-0.15, -0.1) is 10.2 Å². The minimum absolute atomic E-state index is 0.0372. The van der Waals surface area contributed by atoms with E-state index in [2.05, 4.69) is 20.8 Å². The lowest BCUT2D eigenvalue weighted by molar-refractivity contribution is -0.384. The maximum Gasteiger partial charge on any atom is 0.270 e. The average Bonchev–Trinajstić information content (AvgIpc) is 2.69. The van der Waals surface area contributed by atoms with Crippen LogP contribution in [0.25, 0.3) is 0 Å². The molecule has 0 heterocycles. The summed E-state index contributed by atoms with van der Waals surface area (Å²) in [5.74, 6) is 0.237. The Morgan fingerprint density at radius 2 is 1.58 bits per heavy atom. The fraction of sp³-hybridized carbons (Fsp3) is 0. The summed E-state index contributed by atoms with van der Waals surface area (Å²) in [6.07, 6.45) is 0. The molecule has 0 spiro atoms. The van der Waals surface area contributed by atoms with Crippen molar-refractivity contribution >= 4 is 22.9 Å². The molecule has 0 radical (unpaired) electrons. The van der Waals surface area contributed by atoms with Crippen molar-refractivity contribution in [3.63, 3.8) is 0 Å². The van der Waals surface area contributed by atoms with E-state index < -0.39 is 4.92 Å². The molecule has 0 atom stereocenters. The number of nitro benzene ring substituents is 1. The van der Waals surface area contributed by atoms with Gasteiger partial charge in [-0.2, -0.15) is 5.10 Å². The predicted octanol–water partition coefficient (Wildman–Crippen LogP) is 5.15. The highest BCUT2D eigenvalue weighted by Gasteiger charge is 2.10. The first kappa shape index (κ1) is 17.0. The van der Waals surface area contributed by atoms with Gasteiger partial charge in [0.2, 0.25) is 5.84 Å². The van der Waals surface area contributed by atoms with Gasteiger partial charge in [0.15, 0.2) is 0 Å². The number of hydrogen-bond acceptors (Lipinski definition) is 5. The van der Waals surface area contributed by atoms with Gasteiger partial charge in [-0.05, 0) is 24.3 Å². The second kappa shape index (κ2) is 8.29. The van der Waals surface area contributed by atoms with Gasteiger partial charge in [0.1, 0.15) is 0 Å². The molecule has 0 saturated heterocycles. The van der Waals surface area contributed by atoms with Crippen molar-refractivity contribution in [2.75, 3.05) is 5.43 Å². The third-order valence-electron chi connectivity index (χ3n) is 3.40. The summed E-state index contributed by atoms with van der Waals surface area (Å²) in [5.41, 5.74) is 4.77. The molecule has 7 heteroatoms. The van der Waals surface area contributed by atoms with Crippen molar-refractivity contribution < 1.29 is 4.92 Å². The molecule has 1 N–H and O–H groups in total. The van der Waals surface area contributed by atoms with Crippen LogP contribution in [0.5, 0.6) is 0 Å². The number of nitrogens with one attached hydrogen (secondary N) is 1. The highest BCUT2D eigenvalue weighted by atomic mass is 16.6. The zero-order valence-electron chi connectivity index (χ0n) is 13.7. The van der Waals surface area contributed by atoms with Gasteiger partial charge in [-0.25, -0.2) is 0 Å². The van der Waals surface area contributed by atoms with E-state index in [1.165, 1.54) is 12.1 Å². The molecule has 3 aromatic rings. The molecular formula is C19H15N5O2. The Balaban J connectivity index is 1.94. The number of amidine groups is 1. The lowest BCUT2D eigenvalue weighted by Gasteiger charge is -2.03. The first-order chi connectivity index (χ1) is 12.7. The quantitative estimate of drug-likeness (QED) is 0.228. The van der Waals surface area contributed by atoms with Crippen molar-refractivity contribution in [1.82, 2.24) is 0 Å². The molecule has 0 aliphatic rings. The van der Waals surface area contributed by atoms with E-state index in [0.29, 0.717) is 11.3 Å². The van der Waals surface area contributed by atoms with Crippen LogP contribution >= 0.6 is 0 Å². The second-order valence-corrected chi connectivity index (χ2v) is 5.26. The smallest absolute Gasteiger partial charge is 0.270 e. The largest absolute Gasteiger partial charge is 0.276 e. The molecule has 0 aliphatic heterocycles. The van der Waals surface area contributed by atoms with E-state index in [-0.39, 0.29) is 11.5 Å². The Morgan fingerprint density at radius 1 is 0.885 bits per heavy atom. The molecule has 0 unspecified atom stereocenters. The van der Waals surface area contributed by atoms with Crippen molar-refractivity contribution in [3.8, 4) is 0 Å². The van der Waals surface area contributed by atoms with Crippen molar-refractivity contribution in [1.29, 1.82) is 0 Å². The highest BCUT2D eigenvalue weighted by molar-refractivity contribution is 6.00. The summed E-state index contributed by atoms with van der Waals surface area (Å²) in [4.78, 5) is 10.6. The van der Waals surface area contributed by atoms with Crippen LogP contribution in [0.3, 0.4) is 0 Å². The van der Waals surface area contributed by atoms with E-state index >= 15 is 0 Å². The summed E-state index contributed by atoms with van der Waals surface area (Å²) >= 11 is 0. The summed E-state index contributed by atoms with van der Waals surface area (Å²) in [6.45, 7) is 0. The predicted molar refractivity (Wildman–Crippen MR) is 101 cm³/mol. The van der Waals surface area contributed by atoms with Gasteiger partial charge in [0.25, 0.3) is 5.69 Å². The fourth-order valence-corrected chi connectivity index (χ4v) is 2.13. The van der Waals surface area contributed by atoms with E-state index in [0.717, 1.165) is 5.69 Å². The number of hydrogen-bond donors (Lipinski definition) is 1. The van der Waals surface area contributed by atoms with Crippen LogP contribution < -0.4 is 5.43 Å². The maximum atomic E-state index is 11.0. The molecular weight excluding hydrogens is 330 g/mol. The first-order valence-corrected chi connectivity index (χ1v) is 7.83. The van der Waals surface area contributed by atoms with Gasteiger partial charge in [-0.1, -0.05) is 48.5 Å². The normalized spacial score (nSPS) is 11.5. The molecule has 0 saturated carbocycles. The number of nitro groups is 1. The number of para-hydroxylation sites is 1. The van der Waals surface area contributed by atoms with Crippen LogP contribution in [-0.2, 0) is 0 Å². The van der Waals surface area contributed by atoms with Crippen LogP contribution in [0.15, 0.2) is 100 Å². The number of anilines is 1. The fourth-order valence-electron chi connectivity index (χ4n) is 2.13. The number of benzene rings is 3. The monoisotopic (exact) mass is 345 g/mol. The average molecular weight is 345 g/mol. The molecule has 3 aromatic carbocycles. The molecule has 0 fully saturated rings. The Hall–Kier alpha value is -3.87. The zero-order chi connectivity index (χ0) is 18.2. The lowest BCUT2D eigenvalue weighted by Crippen LogP contribution is -2.02. The van der Waals surface area contributed by atoms with E-state index in [1.807, 2.05) is 48.5 Å². The Labute approximate surface area is 149 Å². The topological polar surface area (TPSA) is 92.2 Å². The maximum absolute atomic E-state index is 11.0. The van der Waals surface area contributed by atoms with Gasteiger partial charge in [0, 0.05) is 17.7 Å². The highest BCUT2D eigenvalue weighted by Crippen LogP contribution is 2.17. The zero-order valence-corrected chi connectivity index (χ0v) is 13.7. The number of rotatable bonds is 5. The number of azo groups is 1. The summed E-state index contributed by atoms with van der Waals surface area (Å²) in [6, 6.07) is 24.6. The number of hydrazone groups is 1.